The van der Waals surface area contributed by atoms with Gasteiger partial charge in [0.1, 0.15) is 12.4 Å². The SMILES string of the molecule is C=C(Cl)COn1c(C)nc(CC)c1C(=O)OC. The van der Waals surface area contributed by atoms with Gasteiger partial charge in [0, 0.05) is 0 Å². The van der Waals surface area contributed by atoms with Crippen LogP contribution >= 0.6 is 11.6 Å². The number of esters is 1. The van der Waals surface area contributed by atoms with Gasteiger partial charge in [-0.05, 0) is 13.3 Å². The van der Waals surface area contributed by atoms with E-state index >= 15 is 0 Å². The van der Waals surface area contributed by atoms with Crippen molar-refractivity contribution in [3.63, 3.8) is 0 Å². The van der Waals surface area contributed by atoms with Crippen molar-refractivity contribution in [2.45, 2.75) is 20.3 Å². The van der Waals surface area contributed by atoms with Crippen LogP contribution in [0.5, 0.6) is 0 Å². The summed E-state index contributed by atoms with van der Waals surface area (Å²) in [5, 5.41) is 0.340. The summed E-state index contributed by atoms with van der Waals surface area (Å²) in [5.41, 5.74) is 0.931. The lowest BCUT2D eigenvalue weighted by Crippen LogP contribution is -2.21. The lowest BCUT2D eigenvalue weighted by molar-refractivity contribution is 0.0520. The molecule has 0 radical (unpaired) electrons. The fraction of sp³-hybridized carbons (Fsp3) is 0.455. The molecule has 0 N–H and O–H groups in total. The number of aromatic nitrogens is 2. The highest BCUT2D eigenvalue weighted by Crippen LogP contribution is 2.13. The highest BCUT2D eigenvalue weighted by atomic mass is 35.5. The van der Waals surface area contributed by atoms with Gasteiger partial charge >= 0.3 is 5.97 Å². The standard InChI is InChI=1S/C11H15ClN2O3/c1-5-9-10(11(15)16-4)14(8(3)13-9)17-6-7(2)12/h2,5-6H2,1,3-4H3. The fourth-order valence-electron chi connectivity index (χ4n) is 1.41. The summed E-state index contributed by atoms with van der Waals surface area (Å²) in [6, 6.07) is 0. The first-order valence-corrected chi connectivity index (χ1v) is 5.52. The third-order valence-electron chi connectivity index (χ3n) is 2.13. The van der Waals surface area contributed by atoms with Crippen molar-refractivity contribution in [1.82, 2.24) is 9.71 Å². The Morgan fingerprint density at radius 1 is 1.59 bits per heavy atom. The number of ether oxygens (including phenoxy) is 1. The lowest BCUT2D eigenvalue weighted by atomic mass is 10.3. The Morgan fingerprint density at radius 2 is 2.24 bits per heavy atom. The van der Waals surface area contributed by atoms with E-state index in [1.807, 2.05) is 6.92 Å². The van der Waals surface area contributed by atoms with E-state index in [9.17, 15) is 4.79 Å². The number of hydrogen-bond donors (Lipinski definition) is 0. The van der Waals surface area contributed by atoms with Crippen LogP contribution in [0.4, 0.5) is 0 Å². The molecule has 0 spiro atoms. The van der Waals surface area contributed by atoms with Crippen LogP contribution < -0.4 is 4.84 Å². The smallest absolute Gasteiger partial charge is 0.360 e. The molecule has 1 aromatic rings. The third kappa shape index (κ3) is 3.00. The zero-order valence-corrected chi connectivity index (χ0v) is 10.9. The number of methoxy groups -OCH3 is 1. The molecule has 1 aromatic heterocycles. The molecule has 0 amide bonds. The van der Waals surface area contributed by atoms with Crippen LogP contribution in [0.25, 0.3) is 0 Å². The van der Waals surface area contributed by atoms with Gasteiger partial charge in [-0.15, -0.1) is 0 Å². The molecule has 17 heavy (non-hydrogen) atoms. The summed E-state index contributed by atoms with van der Waals surface area (Å²) in [4.78, 5) is 21.3. The van der Waals surface area contributed by atoms with Gasteiger partial charge in [-0.1, -0.05) is 25.1 Å². The number of carbonyl (C=O) groups is 1. The third-order valence-corrected chi connectivity index (χ3v) is 2.24. The molecule has 0 unspecified atom stereocenters. The minimum Gasteiger partial charge on any atom is -0.464 e. The van der Waals surface area contributed by atoms with Crippen LogP contribution in [-0.4, -0.2) is 29.4 Å². The number of imidazole rings is 1. The molecule has 0 aliphatic heterocycles. The van der Waals surface area contributed by atoms with Gasteiger partial charge < -0.3 is 9.57 Å². The van der Waals surface area contributed by atoms with E-state index in [1.54, 1.807) is 6.92 Å². The van der Waals surface area contributed by atoms with Crippen LogP contribution in [0, 0.1) is 6.92 Å². The Morgan fingerprint density at radius 3 is 2.71 bits per heavy atom. The quantitative estimate of drug-likeness (QED) is 0.755. The number of hydrogen-bond acceptors (Lipinski definition) is 4. The van der Waals surface area contributed by atoms with Crippen molar-refractivity contribution >= 4 is 17.6 Å². The Bertz CT molecular complexity index is 440. The van der Waals surface area contributed by atoms with E-state index in [0.29, 0.717) is 28.7 Å². The van der Waals surface area contributed by atoms with Crippen LogP contribution in [-0.2, 0) is 11.2 Å². The van der Waals surface area contributed by atoms with Gasteiger partial charge in [-0.25, -0.2) is 9.78 Å². The molecule has 94 valence electrons. The second-order valence-electron chi connectivity index (χ2n) is 3.38. The number of carbonyl (C=O) groups excluding carboxylic acids is 1. The maximum Gasteiger partial charge on any atom is 0.360 e. The Balaban J connectivity index is 3.12. The summed E-state index contributed by atoms with van der Waals surface area (Å²) in [6.45, 7) is 7.26. The monoisotopic (exact) mass is 258 g/mol. The van der Waals surface area contributed by atoms with Crippen molar-refractivity contribution in [3.05, 3.63) is 28.8 Å². The minimum atomic E-state index is -0.484. The molecular weight excluding hydrogens is 244 g/mol. The first-order valence-electron chi connectivity index (χ1n) is 5.14. The number of nitrogens with zero attached hydrogens (tertiary/aromatic N) is 2. The zero-order valence-electron chi connectivity index (χ0n) is 10.1. The van der Waals surface area contributed by atoms with Gasteiger partial charge in [0.15, 0.2) is 5.69 Å². The van der Waals surface area contributed by atoms with Crippen molar-refractivity contribution in [2.24, 2.45) is 0 Å². The van der Waals surface area contributed by atoms with E-state index in [0.717, 1.165) is 0 Å². The molecule has 0 aliphatic rings. The minimum absolute atomic E-state index is 0.103. The molecule has 0 bridgehead atoms. The predicted molar refractivity (Wildman–Crippen MR) is 64.1 cm³/mol. The second kappa shape index (κ2) is 5.72. The molecular formula is C11H15ClN2O3. The topological polar surface area (TPSA) is 53.4 Å². The molecule has 1 rings (SSSR count). The van der Waals surface area contributed by atoms with Gasteiger partial charge in [-0.3, -0.25) is 0 Å². The highest BCUT2D eigenvalue weighted by Gasteiger charge is 2.22. The van der Waals surface area contributed by atoms with Crippen LogP contribution in [0.1, 0.15) is 28.9 Å². The van der Waals surface area contributed by atoms with Crippen molar-refractivity contribution in [1.29, 1.82) is 0 Å². The van der Waals surface area contributed by atoms with Gasteiger partial charge in [0.25, 0.3) is 0 Å². The Hall–Kier alpha value is -1.49. The molecule has 0 fully saturated rings. The van der Waals surface area contributed by atoms with Gasteiger partial charge in [-0.2, -0.15) is 4.73 Å². The summed E-state index contributed by atoms with van der Waals surface area (Å²) in [7, 11) is 1.31. The molecule has 0 saturated carbocycles. The molecule has 0 saturated heterocycles. The van der Waals surface area contributed by atoms with Crippen molar-refractivity contribution in [2.75, 3.05) is 13.7 Å². The van der Waals surface area contributed by atoms with Crippen molar-refractivity contribution in [3.8, 4) is 0 Å². The fourth-order valence-corrected chi connectivity index (χ4v) is 1.46. The highest BCUT2D eigenvalue weighted by molar-refractivity contribution is 6.29. The average Bonchev–Trinajstić information content (AvgIpc) is 2.61. The number of aryl methyl sites for hydroxylation is 2. The molecule has 5 nitrogen and oxygen atoms in total. The summed E-state index contributed by atoms with van der Waals surface area (Å²) < 4.78 is 6.04. The molecule has 1 heterocycles. The maximum absolute atomic E-state index is 11.7. The Kier molecular flexibility index (Phi) is 4.57. The molecule has 0 aliphatic carbocycles. The first-order chi connectivity index (χ1) is 8.01. The predicted octanol–water partition coefficient (Wildman–Crippen LogP) is 1.72. The summed E-state index contributed by atoms with van der Waals surface area (Å²) in [5.74, 6) is 0.0859. The molecule has 0 atom stereocenters. The maximum atomic E-state index is 11.7. The van der Waals surface area contributed by atoms with E-state index in [2.05, 4.69) is 11.6 Å². The summed E-state index contributed by atoms with van der Waals surface area (Å²) >= 11 is 5.62. The zero-order chi connectivity index (χ0) is 13.0. The number of halogens is 1. The van der Waals surface area contributed by atoms with Gasteiger partial charge in [0.2, 0.25) is 0 Å². The first kappa shape index (κ1) is 13.6. The molecule has 0 aromatic carbocycles. The van der Waals surface area contributed by atoms with Crippen LogP contribution in [0.3, 0.4) is 0 Å². The number of rotatable bonds is 5. The van der Waals surface area contributed by atoms with E-state index < -0.39 is 5.97 Å². The van der Waals surface area contributed by atoms with Crippen molar-refractivity contribution < 1.29 is 14.4 Å². The van der Waals surface area contributed by atoms with Gasteiger partial charge in [0.05, 0.1) is 17.8 Å². The van der Waals surface area contributed by atoms with Crippen LogP contribution in [0.15, 0.2) is 11.6 Å². The summed E-state index contributed by atoms with van der Waals surface area (Å²) in [6.07, 6.45) is 0.615. The van der Waals surface area contributed by atoms with Crippen LogP contribution in [0.2, 0.25) is 0 Å². The second-order valence-corrected chi connectivity index (χ2v) is 3.92. The lowest BCUT2D eigenvalue weighted by Gasteiger charge is -2.10. The van der Waals surface area contributed by atoms with E-state index in [4.69, 9.17) is 21.2 Å². The Labute approximate surface area is 105 Å². The van der Waals surface area contributed by atoms with E-state index in [-0.39, 0.29) is 6.61 Å². The molecule has 6 heteroatoms. The average molecular weight is 259 g/mol. The largest absolute Gasteiger partial charge is 0.464 e. The normalized spacial score (nSPS) is 10.1. The van der Waals surface area contributed by atoms with E-state index in [1.165, 1.54) is 11.8 Å².